The van der Waals surface area contributed by atoms with Gasteiger partial charge in [0, 0.05) is 19.0 Å². The number of carbonyl (C=O) groups excluding carboxylic acids is 2. The Bertz CT molecular complexity index is 365. The molecule has 5 nitrogen and oxygen atoms in total. The maximum Gasteiger partial charge on any atom is 0.243 e. The summed E-state index contributed by atoms with van der Waals surface area (Å²) in [6, 6.07) is -0.0115. The van der Waals surface area contributed by atoms with E-state index in [2.05, 4.69) is 17.6 Å². The Morgan fingerprint density at radius 3 is 2.71 bits per heavy atom. The number of nitrogens with one attached hydrogen (secondary N) is 2. The second-order valence-electron chi connectivity index (χ2n) is 6.04. The molecule has 2 rings (SSSR count). The first-order chi connectivity index (χ1) is 9.63. The monoisotopic (exact) mass is 317 g/mol. The number of nitrogens with zero attached hydrogens (tertiary/aromatic N) is 1. The Hall–Kier alpha value is -0.810. The van der Waals surface area contributed by atoms with Gasteiger partial charge in [-0.1, -0.05) is 13.8 Å². The van der Waals surface area contributed by atoms with E-state index in [0.29, 0.717) is 12.3 Å². The van der Waals surface area contributed by atoms with Gasteiger partial charge in [0.1, 0.15) is 6.04 Å². The van der Waals surface area contributed by atoms with Gasteiger partial charge >= 0.3 is 0 Å². The fourth-order valence-electron chi connectivity index (χ4n) is 3.21. The lowest BCUT2D eigenvalue weighted by atomic mass is 9.94. The molecule has 6 heteroatoms. The van der Waals surface area contributed by atoms with Gasteiger partial charge in [-0.05, 0) is 44.7 Å². The van der Waals surface area contributed by atoms with Crippen LogP contribution in [0.1, 0.15) is 46.0 Å². The third-order valence-corrected chi connectivity index (χ3v) is 4.54. The molecule has 0 aliphatic carbocycles. The average molecular weight is 318 g/mol. The minimum Gasteiger partial charge on any atom is -0.351 e. The van der Waals surface area contributed by atoms with E-state index in [-0.39, 0.29) is 36.3 Å². The Balaban J connectivity index is 0.00000220. The molecule has 0 spiro atoms. The molecule has 0 aromatic heterocycles. The number of halogens is 1. The first-order valence-electron chi connectivity index (χ1n) is 7.94. The summed E-state index contributed by atoms with van der Waals surface area (Å²) in [5.74, 6) is 0.597. The van der Waals surface area contributed by atoms with Crippen molar-refractivity contribution < 1.29 is 9.59 Å². The highest BCUT2D eigenvalue weighted by Gasteiger charge is 2.33. The van der Waals surface area contributed by atoms with Crippen molar-refractivity contribution in [2.24, 2.45) is 5.92 Å². The standard InChI is InChI=1S/C15H27N3O2.ClH/c1-3-14(19)18-9-5-4-6-13(18)15(20)17-12-7-8-16-10-11(12)2;/h11-13,16H,3-10H2,1-2H3,(H,17,20);1H. The lowest BCUT2D eigenvalue weighted by Gasteiger charge is -2.37. The van der Waals surface area contributed by atoms with Crippen LogP contribution in [0.25, 0.3) is 0 Å². The second kappa shape index (κ2) is 8.59. The van der Waals surface area contributed by atoms with Gasteiger partial charge in [-0.15, -0.1) is 12.4 Å². The summed E-state index contributed by atoms with van der Waals surface area (Å²) in [5, 5.41) is 6.51. The highest BCUT2D eigenvalue weighted by atomic mass is 35.5. The van der Waals surface area contributed by atoms with Gasteiger partial charge in [-0.2, -0.15) is 0 Å². The van der Waals surface area contributed by atoms with Crippen LogP contribution >= 0.6 is 12.4 Å². The number of likely N-dealkylation sites (tertiary alicyclic amines) is 1. The summed E-state index contributed by atoms with van der Waals surface area (Å²) in [7, 11) is 0. The normalized spacial score (nSPS) is 29.4. The zero-order valence-electron chi connectivity index (χ0n) is 13.1. The van der Waals surface area contributed by atoms with Crippen LogP contribution in [0.3, 0.4) is 0 Å². The molecule has 2 heterocycles. The number of hydrogen-bond donors (Lipinski definition) is 2. The maximum atomic E-state index is 12.5. The third-order valence-electron chi connectivity index (χ3n) is 4.54. The van der Waals surface area contributed by atoms with Gasteiger partial charge in [0.15, 0.2) is 0 Å². The lowest BCUT2D eigenvalue weighted by molar-refractivity contribution is -0.142. The number of amides is 2. The van der Waals surface area contributed by atoms with Crippen LogP contribution < -0.4 is 10.6 Å². The molecule has 21 heavy (non-hydrogen) atoms. The lowest BCUT2D eigenvalue weighted by Crippen LogP contribution is -2.56. The van der Waals surface area contributed by atoms with Crippen LogP contribution in [0, 0.1) is 5.92 Å². The molecule has 2 amide bonds. The van der Waals surface area contributed by atoms with E-state index in [4.69, 9.17) is 0 Å². The average Bonchev–Trinajstić information content (AvgIpc) is 2.48. The Kier molecular flexibility index (Phi) is 7.46. The molecule has 0 bridgehead atoms. The van der Waals surface area contributed by atoms with Crippen molar-refractivity contribution in [3.8, 4) is 0 Å². The van der Waals surface area contributed by atoms with Crippen molar-refractivity contribution in [2.75, 3.05) is 19.6 Å². The minimum atomic E-state index is -0.252. The van der Waals surface area contributed by atoms with Gasteiger partial charge in [0.05, 0.1) is 0 Å². The van der Waals surface area contributed by atoms with Gasteiger partial charge in [-0.25, -0.2) is 0 Å². The predicted molar refractivity (Wildman–Crippen MR) is 85.5 cm³/mol. The summed E-state index contributed by atoms with van der Waals surface area (Å²) in [4.78, 5) is 26.3. The van der Waals surface area contributed by atoms with E-state index in [9.17, 15) is 9.59 Å². The molecule has 2 fully saturated rings. The van der Waals surface area contributed by atoms with Gasteiger partial charge in [0.2, 0.25) is 11.8 Å². The number of hydrogen-bond acceptors (Lipinski definition) is 3. The van der Waals surface area contributed by atoms with Crippen molar-refractivity contribution >= 4 is 24.2 Å². The molecular formula is C15H28ClN3O2. The highest BCUT2D eigenvalue weighted by molar-refractivity contribution is 5.88. The van der Waals surface area contributed by atoms with Gasteiger partial charge in [0.25, 0.3) is 0 Å². The molecule has 3 unspecified atom stereocenters. The summed E-state index contributed by atoms with van der Waals surface area (Å²) in [5.41, 5.74) is 0. The largest absolute Gasteiger partial charge is 0.351 e. The Labute approximate surface area is 133 Å². The molecule has 3 atom stereocenters. The number of piperidine rings is 2. The van der Waals surface area contributed by atoms with E-state index in [1.807, 2.05) is 6.92 Å². The number of rotatable bonds is 3. The van der Waals surface area contributed by atoms with Crippen molar-refractivity contribution in [3.05, 3.63) is 0 Å². The van der Waals surface area contributed by atoms with E-state index in [0.717, 1.165) is 45.3 Å². The van der Waals surface area contributed by atoms with Crippen molar-refractivity contribution in [1.29, 1.82) is 0 Å². The van der Waals surface area contributed by atoms with Crippen LogP contribution in [0.2, 0.25) is 0 Å². The Morgan fingerprint density at radius 1 is 1.29 bits per heavy atom. The van der Waals surface area contributed by atoms with E-state index in [1.54, 1.807) is 4.90 Å². The molecule has 2 aliphatic heterocycles. The molecule has 0 aromatic rings. The van der Waals surface area contributed by atoms with E-state index >= 15 is 0 Å². The first-order valence-corrected chi connectivity index (χ1v) is 7.94. The van der Waals surface area contributed by atoms with Crippen LogP contribution in [0.4, 0.5) is 0 Å². The summed E-state index contributed by atoms with van der Waals surface area (Å²) in [6.07, 6.45) is 4.30. The zero-order chi connectivity index (χ0) is 14.5. The van der Waals surface area contributed by atoms with E-state index < -0.39 is 0 Å². The van der Waals surface area contributed by atoms with Crippen LogP contribution in [-0.2, 0) is 9.59 Å². The minimum absolute atomic E-state index is 0. The predicted octanol–water partition coefficient (Wildman–Crippen LogP) is 1.31. The Morgan fingerprint density at radius 2 is 2.05 bits per heavy atom. The molecule has 2 aliphatic rings. The topological polar surface area (TPSA) is 61.4 Å². The zero-order valence-corrected chi connectivity index (χ0v) is 13.9. The molecule has 2 saturated heterocycles. The summed E-state index contributed by atoms with van der Waals surface area (Å²) >= 11 is 0. The van der Waals surface area contributed by atoms with Crippen LogP contribution in [0.15, 0.2) is 0 Å². The second-order valence-corrected chi connectivity index (χ2v) is 6.04. The van der Waals surface area contributed by atoms with Crippen LogP contribution in [-0.4, -0.2) is 48.4 Å². The van der Waals surface area contributed by atoms with Gasteiger partial charge < -0.3 is 15.5 Å². The smallest absolute Gasteiger partial charge is 0.243 e. The van der Waals surface area contributed by atoms with Gasteiger partial charge in [-0.3, -0.25) is 9.59 Å². The SMILES string of the molecule is CCC(=O)N1CCCCC1C(=O)NC1CCNCC1C.Cl. The molecular weight excluding hydrogens is 290 g/mol. The van der Waals surface area contributed by atoms with Crippen molar-refractivity contribution in [3.63, 3.8) is 0 Å². The number of carbonyl (C=O) groups is 2. The quantitative estimate of drug-likeness (QED) is 0.825. The molecule has 2 N–H and O–H groups in total. The summed E-state index contributed by atoms with van der Waals surface area (Å²) in [6.45, 7) is 6.66. The molecule has 0 radical (unpaired) electrons. The van der Waals surface area contributed by atoms with Crippen molar-refractivity contribution in [1.82, 2.24) is 15.5 Å². The van der Waals surface area contributed by atoms with E-state index in [1.165, 1.54) is 0 Å². The van der Waals surface area contributed by atoms with Crippen LogP contribution in [0.5, 0.6) is 0 Å². The fourth-order valence-corrected chi connectivity index (χ4v) is 3.21. The maximum absolute atomic E-state index is 12.5. The first kappa shape index (κ1) is 18.2. The molecule has 0 saturated carbocycles. The fraction of sp³-hybridized carbons (Fsp3) is 0.867. The third kappa shape index (κ3) is 4.58. The van der Waals surface area contributed by atoms with Crippen molar-refractivity contribution in [2.45, 2.75) is 58.0 Å². The molecule has 0 aromatic carbocycles. The highest BCUT2D eigenvalue weighted by Crippen LogP contribution is 2.19. The molecule has 122 valence electrons. The summed E-state index contributed by atoms with van der Waals surface area (Å²) < 4.78 is 0.